The zero-order valence-electron chi connectivity index (χ0n) is 7.39. The predicted octanol–water partition coefficient (Wildman–Crippen LogP) is 3.65. The van der Waals surface area contributed by atoms with Gasteiger partial charge in [-0.2, -0.15) is 0 Å². The molecule has 0 atom stereocenters. The fourth-order valence-electron chi connectivity index (χ4n) is 1.01. The Kier molecular flexibility index (Phi) is 3.91. The molecule has 1 rings (SSSR count). The minimum Gasteiger partial charge on any atom is -0.276 e. The molecule has 5 heteroatoms. The van der Waals surface area contributed by atoms with E-state index in [2.05, 4.69) is 6.58 Å². The second-order valence-electron chi connectivity index (χ2n) is 2.75. The third-order valence-corrected chi connectivity index (χ3v) is 2.35. The highest BCUT2D eigenvalue weighted by Crippen LogP contribution is 2.22. The quantitative estimate of drug-likeness (QED) is 0.780. The van der Waals surface area contributed by atoms with Crippen LogP contribution in [0.5, 0.6) is 0 Å². The first-order valence-corrected chi connectivity index (χ1v) is 4.94. The van der Waals surface area contributed by atoms with Crippen molar-refractivity contribution in [3.63, 3.8) is 0 Å². The van der Waals surface area contributed by atoms with Crippen LogP contribution in [-0.2, 0) is 0 Å². The van der Waals surface area contributed by atoms with Crippen LogP contribution in [0.4, 0.5) is 0 Å². The first-order valence-electron chi connectivity index (χ1n) is 3.81. The molecule has 0 N–H and O–H groups in total. The van der Waals surface area contributed by atoms with E-state index < -0.39 is 10.5 Å². The Hall–Kier alpha value is -0.830. The Balaban J connectivity index is 3.39. The summed E-state index contributed by atoms with van der Waals surface area (Å²) in [4.78, 5) is 21.9. The zero-order chi connectivity index (χ0) is 11.6. The molecule has 2 nitrogen and oxygen atoms in total. The molecule has 0 fully saturated rings. The SMILES string of the molecule is C=C(Cl)c1cc(C(=O)Cl)cc(C(=O)Cl)c1. The lowest BCUT2D eigenvalue weighted by Crippen LogP contribution is -1.97. The smallest absolute Gasteiger partial charge is 0.252 e. The van der Waals surface area contributed by atoms with Crippen molar-refractivity contribution in [2.45, 2.75) is 0 Å². The molecule has 0 unspecified atom stereocenters. The third kappa shape index (κ3) is 3.06. The van der Waals surface area contributed by atoms with E-state index in [-0.39, 0.29) is 16.2 Å². The Morgan fingerprint density at radius 3 is 1.47 bits per heavy atom. The van der Waals surface area contributed by atoms with E-state index >= 15 is 0 Å². The molecule has 0 aliphatic carbocycles. The highest BCUT2D eigenvalue weighted by Gasteiger charge is 2.10. The molecule has 0 aromatic heterocycles. The average molecular weight is 264 g/mol. The molecular formula is C10H5Cl3O2. The Morgan fingerprint density at radius 2 is 1.20 bits per heavy atom. The highest BCUT2D eigenvalue weighted by atomic mass is 35.5. The van der Waals surface area contributed by atoms with Crippen LogP contribution in [0.3, 0.4) is 0 Å². The van der Waals surface area contributed by atoms with Crippen molar-refractivity contribution < 1.29 is 9.59 Å². The molecular weight excluding hydrogens is 258 g/mol. The summed E-state index contributed by atoms with van der Waals surface area (Å²) in [5, 5.41) is -1.17. The number of carbonyl (C=O) groups excluding carboxylic acids is 2. The molecule has 1 aromatic carbocycles. The largest absolute Gasteiger partial charge is 0.276 e. The van der Waals surface area contributed by atoms with Gasteiger partial charge in [0, 0.05) is 16.2 Å². The second kappa shape index (κ2) is 4.79. The van der Waals surface area contributed by atoms with Gasteiger partial charge in [-0.15, -0.1) is 0 Å². The van der Waals surface area contributed by atoms with Gasteiger partial charge in [0.25, 0.3) is 10.5 Å². The molecule has 0 heterocycles. The maximum absolute atomic E-state index is 10.9. The van der Waals surface area contributed by atoms with Crippen molar-refractivity contribution in [1.29, 1.82) is 0 Å². The van der Waals surface area contributed by atoms with E-state index in [1.165, 1.54) is 18.2 Å². The van der Waals surface area contributed by atoms with Crippen LogP contribution >= 0.6 is 34.8 Å². The van der Waals surface area contributed by atoms with Crippen LogP contribution in [-0.4, -0.2) is 10.5 Å². The van der Waals surface area contributed by atoms with E-state index in [9.17, 15) is 9.59 Å². The van der Waals surface area contributed by atoms with Crippen molar-refractivity contribution >= 4 is 50.3 Å². The number of benzene rings is 1. The lowest BCUT2D eigenvalue weighted by Gasteiger charge is -2.03. The molecule has 0 radical (unpaired) electrons. The monoisotopic (exact) mass is 262 g/mol. The Morgan fingerprint density at radius 1 is 0.867 bits per heavy atom. The van der Waals surface area contributed by atoms with Gasteiger partial charge in [0.2, 0.25) is 0 Å². The van der Waals surface area contributed by atoms with Gasteiger partial charge in [-0.1, -0.05) is 18.2 Å². The van der Waals surface area contributed by atoms with E-state index in [0.717, 1.165) is 0 Å². The molecule has 1 aromatic rings. The summed E-state index contributed by atoms with van der Waals surface area (Å²) in [6.45, 7) is 3.48. The van der Waals surface area contributed by atoms with E-state index in [1.54, 1.807) is 0 Å². The van der Waals surface area contributed by atoms with Gasteiger partial charge >= 0.3 is 0 Å². The van der Waals surface area contributed by atoms with Gasteiger partial charge in [0.15, 0.2) is 0 Å². The van der Waals surface area contributed by atoms with Crippen molar-refractivity contribution in [2.24, 2.45) is 0 Å². The summed E-state index contributed by atoms with van der Waals surface area (Å²) in [6, 6.07) is 4.18. The van der Waals surface area contributed by atoms with Crippen molar-refractivity contribution in [1.82, 2.24) is 0 Å². The minimum atomic E-state index is -0.686. The molecule has 0 bridgehead atoms. The lowest BCUT2D eigenvalue weighted by molar-refractivity contribution is 0.108. The normalized spacial score (nSPS) is 9.80. The second-order valence-corrected chi connectivity index (χ2v) is 3.89. The number of rotatable bonds is 3. The summed E-state index contributed by atoms with van der Waals surface area (Å²) in [5.74, 6) is 0. The topological polar surface area (TPSA) is 34.1 Å². The summed E-state index contributed by atoms with van der Waals surface area (Å²) in [6.07, 6.45) is 0. The molecule has 0 saturated heterocycles. The standard InChI is InChI=1S/C10H5Cl3O2/c1-5(11)6-2-7(9(12)14)4-8(3-6)10(13)15/h2-4H,1H2. The Bertz CT molecular complexity index is 373. The van der Waals surface area contributed by atoms with E-state index in [0.29, 0.717) is 5.56 Å². The predicted molar refractivity (Wildman–Crippen MR) is 61.7 cm³/mol. The van der Waals surface area contributed by atoms with Gasteiger partial charge in [0.1, 0.15) is 0 Å². The van der Waals surface area contributed by atoms with Gasteiger partial charge in [-0.25, -0.2) is 0 Å². The maximum Gasteiger partial charge on any atom is 0.252 e. The van der Waals surface area contributed by atoms with Crippen LogP contribution in [0.2, 0.25) is 0 Å². The van der Waals surface area contributed by atoms with Crippen LogP contribution in [0.1, 0.15) is 26.3 Å². The highest BCUT2D eigenvalue weighted by molar-refractivity contribution is 6.69. The summed E-state index contributed by atoms with van der Waals surface area (Å²) in [7, 11) is 0. The molecule has 0 aliphatic heterocycles. The third-order valence-electron chi connectivity index (χ3n) is 1.70. The minimum absolute atomic E-state index is 0.153. The number of hydrogen-bond acceptors (Lipinski definition) is 2. The molecule has 0 saturated carbocycles. The molecule has 0 spiro atoms. The fourth-order valence-corrected chi connectivity index (χ4v) is 1.34. The first-order chi connectivity index (χ1) is 6.91. The lowest BCUT2D eigenvalue weighted by atomic mass is 10.1. The van der Waals surface area contributed by atoms with Gasteiger partial charge in [-0.05, 0) is 47.0 Å². The maximum atomic E-state index is 10.9. The van der Waals surface area contributed by atoms with Crippen molar-refractivity contribution in [2.75, 3.05) is 0 Å². The first kappa shape index (κ1) is 12.2. The summed E-state index contributed by atoms with van der Waals surface area (Å²) >= 11 is 16.2. The average Bonchev–Trinajstić information content (AvgIpc) is 2.16. The molecule has 78 valence electrons. The number of hydrogen-bond donors (Lipinski definition) is 0. The molecule has 15 heavy (non-hydrogen) atoms. The number of halogens is 3. The number of carbonyl (C=O) groups is 2. The fraction of sp³-hybridized carbons (Fsp3) is 0. The van der Waals surface area contributed by atoms with E-state index in [1.807, 2.05) is 0 Å². The van der Waals surface area contributed by atoms with Crippen LogP contribution in [0.15, 0.2) is 24.8 Å². The van der Waals surface area contributed by atoms with Crippen molar-refractivity contribution in [3.05, 3.63) is 41.5 Å². The van der Waals surface area contributed by atoms with Gasteiger partial charge in [0.05, 0.1) is 0 Å². The van der Waals surface area contributed by atoms with Gasteiger partial charge in [-0.3, -0.25) is 9.59 Å². The van der Waals surface area contributed by atoms with Crippen LogP contribution < -0.4 is 0 Å². The molecule has 0 aliphatic rings. The van der Waals surface area contributed by atoms with Crippen LogP contribution in [0, 0.1) is 0 Å². The zero-order valence-corrected chi connectivity index (χ0v) is 9.66. The molecule has 0 amide bonds. The van der Waals surface area contributed by atoms with E-state index in [4.69, 9.17) is 34.8 Å². The summed E-state index contributed by atoms with van der Waals surface area (Å²) < 4.78 is 0. The van der Waals surface area contributed by atoms with Gasteiger partial charge < -0.3 is 0 Å². The van der Waals surface area contributed by atoms with Crippen LogP contribution in [0.25, 0.3) is 5.03 Å². The van der Waals surface area contributed by atoms with Crippen molar-refractivity contribution in [3.8, 4) is 0 Å². The summed E-state index contributed by atoms with van der Waals surface area (Å²) in [5.41, 5.74) is 0.743. The Labute approximate surface area is 101 Å².